The second kappa shape index (κ2) is 8.32. The van der Waals surface area contributed by atoms with Crippen LogP contribution in [0.15, 0.2) is 36.7 Å². The van der Waals surface area contributed by atoms with Gasteiger partial charge in [-0.05, 0) is 62.1 Å². The van der Waals surface area contributed by atoms with Gasteiger partial charge in [0, 0.05) is 36.1 Å². The lowest BCUT2D eigenvalue weighted by Crippen LogP contribution is -2.50. The molecule has 2 heterocycles. The third-order valence-electron chi connectivity index (χ3n) is 4.97. The van der Waals surface area contributed by atoms with E-state index in [-0.39, 0.29) is 11.9 Å². The van der Waals surface area contributed by atoms with Crippen LogP contribution in [0.4, 0.5) is 0 Å². The maximum Gasteiger partial charge on any atom is 0.251 e. The summed E-state index contributed by atoms with van der Waals surface area (Å²) in [5, 5.41) is 6.51. The number of carbonyl (C=O) groups is 1. The first-order valence-corrected chi connectivity index (χ1v) is 9.19. The number of rotatable bonds is 5. The van der Waals surface area contributed by atoms with E-state index in [2.05, 4.69) is 22.5 Å². The summed E-state index contributed by atoms with van der Waals surface area (Å²) < 4.78 is 5.97. The van der Waals surface area contributed by atoms with Gasteiger partial charge in [0.15, 0.2) is 0 Å². The summed E-state index contributed by atoms with van der Waals surface area (Å²) in [6.07, 6.45) is 4.63. The molecule has 0 radical (unpaired) electrons. The van der Waals surface area contributed by atoms with E-state index in [1.54, 1.807) is 12.4 Å². The van der Waals surface area contributed by atoms with Crippen LogP contribution in [0.5, 0.6) is 5.75 Å². The highest BCUT2D eigenvalue weighted by atomic mass is 16.5. The van der Waals surface area contributed by atoms with Gasteiger partial charge in [0.1, 0.15) is 12.4 Å². The van der Waals surface area contributed by atoms with Gasteiger partial charge in [-0.3, -0.25) is 9.78 Å². The second-order valence-electron chi connectivity index (χ2n) is 7.14. The summed E-state index contributed by atoms with van der Waals surface area (Å²) in [4.78, 5) is 16.8. The molecule has 3 rings (SSSR count). The van der Waals surface area contributed by atoms with Crippen molar-refractivity contribution in [2.75, 3.05) is 13.1 Å². The summed E-state index contributed by atoms with van der Waals surface area (Å²) in [5.41, 5.74) is 3.64. The Morgan fingerprint density at radius 2 is 2.12 bits per heavy atom. The predicted molar refractivity (Wildman–Crippen MR) is 102 cm³/mol. The largest absolute Gasteiger partial charge is 0.488 e. The predicted octanol–water partition coefficient (Wildman–Crippen LogP) is 3.01. The number of nitrogens with one attached hydrogen (secondary N) is 2. The lowest BCUT2D eigenvalue weighted by atomic mass is 9.94. The first-order chi connectivity index (χ1) is 12.5. The van der Waals surface area contributed by atoms with Gasteiger partial charge in [-0.25, -0.2) is 0 Å². The van der Waals surface area contributed by atoms with Crippen molar-refractivity contribution in [1.29, 1.82) is 0 Å². The standard InChI is InChI=1S/C21H27N3O2/c1-14-6-8-23-12-19(14)24-21(25)18-9-15(2)20(16(3)10-18)26-13-17-5-4-7-22-11-17/h4-5,7,9-11,14,19,23H,6,8,12-13H2,1-3H3,(H,24,25). The number of pyridine rings is 1. The van der Waals surface area contributed by atoms with Crippen LogP contribution in [0.25, 0.3) is 0 Å². The molecule has 1 fully saturated rings. The quantitative estimate of drug-likeness (QED) is 0.867. The maximum absolute atomic E-state index is 12.7. The number of carbonyl (C=O) groups excluding carboxylic acids is 1. The number of aryl methyl sites for hydroxylation is 2. The van der Waals surface area contributed by atoms with Crippen LogP contribution in [-0.4, -0.2) is 30.0 Å². The van der Waals surface area contributed by atoms with Gasteiger partial charge >= 0.3 is 0 Å². The summed E-state index contributed by atoms with van der Waals surface area (Å²) in [7, 11) is 0. The fourth-order valence-corrected chi connectivity index (χ4v) is 3.38. The molecule has 2 unspecified atom stereocenters. The van der Waals surface area contributed by atoms with Crippen molar-refractivity contribution < 1.29 is 9.53 Å². The molecule has 0 saturated carbocycles. The number of ether oxygens (including phenoxy) is 1. The third kappa shape index (κ3) is 4.41. The highest BCUT2D eigenvalue weighted by Crippen LogP contribution is 2.26. The zero-order valence-electron chi connectivity index (χ0n) is 15.7. The average molecular weight is 353 g/mol. The molecule has 1 aromatic carbocycles. The molecule has 5 nitrogen and oxygen atoms in total. The van der Waals surface area contributed by atoms with E-state index in [9.17, 15) is 4.79 Å². The molecule has 5 heteroatoms. The first kappa shape index (κ1) is 18.4. The van der Waals surface area contributed by atoms with Gasteiger partial charge in [-0.1, -0.05) is 13.0 Å². The van der Waals surface area contributed by atoms with Crippen LogP contribution in [-0.2, 0) is 6.61 Å². The molecule has 138 valence electrons. The van der Waals surface area contributed by atoms with Crippen molar-refractivity contribution in [1.82, 2.24) is 15.6 Å². The summed E-state index contributed by atoms with van der Waals surface area (Å²) >= 11 is 0. The minimum atomic E-state index is -0.0180. The van der Waals surface area contributed by atoms with Gasteiger partial charge in [0.2, 0.25) is 0 Å². The molecule has 2 atom stereocenters. The molecule has 0 aliphatic carbocycles. The van der Waals surface area contributed by atoms with E-state index in [1.165, 1.54) is 0 Å². The molecule has 1 aromatic heterocycles. The summed E-state index contributed by atoms with van der Waals surface area (Å²) in [6.45, 7) is 8.47. The molecule has 0 spiro atoms. The molecule has 0 bridgehead atoms. The smallest absolute Gasteiger partial charge is 0.251 e. The van der Waals surface area contributed by atoms with Crippen LogP contribution in [0.1, 0.15) is 40.4 Å². The van der Waals surface area contributed by atoms with Crippen LogP contribution in [0.2, 0.25) is 0 Å². The Bertz CT molecular complexity index is 738. The number of nitrogens with zero attached hydrogens (tertiary/aromatic N) is 1. The van der Waals surface area contributed by atoms with Crippen molar-refractivity contribution in [3.05, 3.63) is 58.9 Å². The van der Waals surface area contributed by atoms with Gasteiger partial charge in [-0.15, -0.1) is 0 Å². The SMILES string of the molecule is Cc1cc(C(=O)NC2CNCCC2C)cc(C)c1OCc1cccnc1. The zero-order chi connectivity index (χ0) is 18.5. The summed E-state index contributed by atoms with van der Waals surface area (Å²) in [6, 6.07) is 7.87. The van der Waals surface area contributed by atoms with Crippen LogP contribution >= 0.6 is 0 Å². The fraction of sp³-hybridized carbons (Fsp3) is 0.429. The molecule has 26 heavy (non-hydrogen) atoms. The Hall–Kier alpha value is -2.40. The number of piperidine rings is 1. The number of aromatic nitrogens is 1. The third-order valence-corrected chi connectivity index (χ3v) is 4.97. The van der Waals surface area contributed by atoms with Gasteiger partial charge < -0.3 is 15.4 Å². The highest BCUT2D eigenvalue weighted by Gasteiger charge is 2.23. The van der Waals surface area contributed by atoms with E-state index in [0.717, 1.165) is 42.0 Å². The molecular formula is C21H27N3O2. The topological polar surface area (TPSA) is 63.2 Å². The maximum atomic E-state index is 12.7. The van der Waals surface area contributed by atoms with E-state index in [0.29, 0.717) is 18.1 Å². The molecule has 2 N–H and O–H groups in total. The monoisotopic (exact) mass is 353 g/mol. The Labute approximate surface area is 155 Å². The molecular weight excluding hydrogens is 326 g/mol. The fourth-order valence-electron chi connectivity index (χ4n) is 3.38. The number of hydrogen-bond acceptors (Lipinski definition) is 4. The van der Waals surface area contributed by atoms with Crippen molar-refractivity contribution in [3.63, 3.8) is 0 Å². The highest BCUT2D eigenvalue weighted by molar-refractivity contribution is 5.95. The van der Waals surface area contributed by atoms with Crippen LogP contribution < -0.4 is 15.4 Å². The van der Waals surface area contributed by atoms with Gasteiger partial charge in [0.25, 0.3) is 5.91 Å². The van der Waals surface area contributed by atoms with E-state index in [1.807, 2.05) is 38.1 Å². The Kier molecular flexibility index (Phi) is 5.89. The van der Waals surface area contributed by atoms with Crippen molar-refractivity contribution in [2.45, 2.75) is 39.8 Å². The van der Waals surface area contributed by atoms with E-state index < -0.39 is 0 Å². The minimum Gasteiger partial charge on any atom is -0.488 e. The molecule has 1 saturated heterocycles. The van der Waals surface area contributed by atoms with Crippen LogP contribution in [0.3, 0.4) is 0 Å². The lowest BCUT2D eigenvalue weighted by molar-refractivity contribution is 0.0915. The van der Waals surface area contributed by atoms with Crippen molar-refractivity contribution >= 4 is 5.91 Å². The van der Waals surface area contributed by atoms with Crippen molar-refractivity contribution in [2.24, 2.45) is 5.92 Å². The summed E-state index contributed by atoms with van der Waals surface area (Å²) in [5.74, 6) is 1.30. The number of hydrogen-bond donors (Lipinski definition) is 2. The first-order valence-electron chi connectivity index (χ1n) is 9.19. The van der Waals surface area contributed by atoms with E-state index in [4.69, 9.17) is 4.74 Å². The Balaban J connectivity index is 1.69. The minimum absolute atomic E-state index is 0.0180. The van der Waals surface area contributed by atoms with Crippen LogP contribution in [0, 0.1) is 19.8 Å². The number of amides is 1. The van der Waals surface area contributed by atoms with Gasteiger partial charge in [0.05, 0.1) is 0 Å². The Morgan fingerprint density at radius 1 is 1.35 bits per heavy atom. The zero-order valence-corrected chi connectivity index (χ0v) is 15.7. The Morgan fingerprint density at radius 3 is 2.77 bits per heavy atom. The van der Waals surface area contributed by atoms with Gasteiger partial charge in [-0.2, -0.15) is 0 Å². The lowest BCUT2D eigenvalue weighted by Gasteiger charge is -2.30. The average Bonchev–Trinajstić information content (AvgIpc) is 2.63. The normalized spacial score (nSPS) is 19.8. The number of benzene rings is 1. The molecule has 1 amide bonds. The molecule has 1 aliphatic rings. The second-order valence-corrected chi connectivity index (χ2v) is 7.14. The van der Waals surface area contributed by atoms with E-state index >= 15 is 0 Å². The van der Waals surface area contributed by atoms with Crippen molar-refractivity contribution in [3.8, 4) is 5.75 Å². The molecule has 2 aromatic rings. The molecule has 1 aliphatic heterocycles.